The third-order valence-electron chi connectivity index (χ3n) is 5.15. The Morgan fingerprint density at radius 2 is 1.37 bits per heavy atom. The van der Waals surface area contributed by atoms with Gasteiger partial charge in [-0.1, -0.05) is 0 Å². The molecule has 0 aromatic heterocycles. The number of carbonyl (C=O) groups excluding carboxylic acids is 4. The second-order valence-corrected chi connectivity index (χ2v) is 7.72. The fourth-order valence-corrected chi connectivity index (χ4v) is 3.89. The Morgan fingerprint density at radius 3 is 1.80 bits per heavy atom. The third kappa shape index (κ3) is 6.98. The van der Waals surface area contributed by atoms with Gasteiger partial charge in [0.2, 0.25) is 5.91 Å². The van der Waals surface area contributed by atoms with Crippen LogP contribution in [-0.2, 0) is 38.1 Å². The van der Waals surface area contributed by atoms with Crippen LogP contribution in [0.15, 0.2) is 12.1 Å². The highest BCUT2D eigenvalue weighted by molar-refractivity contribution is 5.74. The highest BCUT2D eigenvalue weighted by Crippen LogP contribution is 2.45. The summed E-state index contributed by atoms with van der Waals surface area (Å²) in [6.45, 7) is 4.50. The first-order chi connectivity index (χ1) is 16.5. The van der Waals surface area contributed by atoms with Crippen LogP contribution in [0.1, 0.15) is 39.4 Å². The molecule has 0 unspecified atom stereocenters. The highest BCUT2D eigenvalue weighted by atomic mass is 16.6. The van der Waals surface area contributed by atoms with Crippen LogP contribution in [0, 0.1) is 0 Å². The summed E-state index contributed by atoms with van der Waals surface area (Å²) in [5.41, 5.74) is 0.362. The van der Waals surface area contributed by atoms with Crippen molar-refractivity contribution in [2.75, 3.05) is 27.9 Å². The summed E-state index contributed by atoms with van der Waals surface area (Å²) in [7, 11) is 4.33. The van der Waals surface area contributed by atoms with Gasteiger partial charge in [-0.25, -0.2) is 0 Å². The lowest BCUT2D eigenvalue weighted by Crippen LogP contribution is -2.63. The van der Waals surface area contributed by atoms with Crippen LogP contribution in [0.5, 0.6) is 17.2 Å². The van der Waals surface area contributed by atoms with Gasteiger partial charge in [0.15, 0.2) is 12.2 Å². The van der Waals surface area contributed by atoms with Gasteiger partial charge in [0.1, 0.15) is 42.1 Å². The molecule has 1 heterocycles. The predicted molar refractivity (Wildman–Crippen MR) is 119 cm³/mol. The average molecular weight is 497 g/mol. The summed E-state index contributed by atoms with van der Waals surface area (Å²) < 4.78 is 38.8. The van der Waals surface area contributed by atoms with Gasteiger partial charge >= 0.3 is 17.9 Å². The number of carbonyl (C=O) groups is 4. The molecule has 1 aromatic carbocycles. The predicted octanol–water partition coefficient (Wildman–Crippen LogP) is 1.08. The molecule has 0 bridgehead atoms. The minimum Gasteiger partial charge on any atom is -0.496 e. The molecule has 1 saturated heterocycles. The fraction of sp³-hybridized carbons (Fsp3) is 0.565. The zero-order valence-electron chi connectivity index (χ0n) is 20.7. The molecule has 12 nitrogen and oxygen atoms in total. The van der Waals surface area contributed by atoms with Crippen molar-refractivity contribution in [3.05, 3.63) is 17.7 Å². The smallest absolute Gasteiger partial charge is 0.303 e. The molecule has 0 spiro atoms. The SMILES string of the molecule is COc1cc(OC)c([C@@H]2O[C@H](COC(C)=O)[C@@H](OC(C)=O)[C@H](OC(C)=O)[C@H]2NC(C)=O)c(OC)c1. The monoisotopic (exact) mass is 497 g/mol. The van der Waals surface area contributed by atoms with E-state index in [-0.39, 0.29) is 6.61 Å². The molecule has 0 aliphatic carbocycles. The number of amides is 1. The first-order valence-corrected chi connectivity index (χ1v) is 10.7. The van der Waals surface area contributed by atoms with E-state index in [0.717, 1.165) is 0 Å². The van der Waals surface area contributed by atoms with Crippen LogP contribution in [-0.4, -0.2) is 76.1 Å². The van der Waals surface area contributed by atoms with Crippen molar-refractivity contribution in [3.63, 3.8) is 0 Å². The molecular weight excluding hydrogens is 466 g/mol. The summed E-state index contributed by atoms with van der Waals surface area (Å²) in [6.07, 6.45) is -4.54. The van der Waals surface area contributed by atoms with Crippen molar-refractivity contribution in [2.24, 2.45) is 0 Å². The number of benzene rings is 1. The minimum atomic E-state index is -1.21. The molecule has 1 aliphatic rings. The first-order valence-electron chi connectivity index (χ1n) is 10.7. The van der Waals surface area contributed by atoms with Gasteiger partial charge < -0.3 is 38.5 Å². The minimum absolute atomic E-state index is 0.292. The van der Waals surface area contributed by atoms with Crippen LogP contribution in [0.4, 0.5) is 0 Å². The van der Waals surface area contributed by atoms with Gasteiger partial charge in [-0.05, 0) is 0 Å². The van der Waals surface area contributed by atoms with Crippen molar-refractivity contribution in [2.45, 2.75) is 58.2 Å². The van der Waals surface area contributed by atoms with Crippen LogP contribution in [0.3, 0.4) is 0 Å². The molecule has 1 aliphatic heterocycles. The lowest BCUT2D eigenvalue weighted by atomic mass is 9.87. The van der Waals surface area contributed by atoms with E-state index in [9.17, 15) is 19.2 Å². The lowest BCUT2D eigenvalue weighted by Gasteiger charge is -2.45. The maximum absolute atomic E-state index is 12.2. The van der Waals surface area contributed by atoms with Crippen LogP contribution in [0.2, 0.25) is 0 Å². The second-order valence-electron chi connectivity index (χ2n) is 7.72. The highest BCUT2D eigenvalue weighted by Gasteiger charge is 2.52. The number of esters is 3. The average Bonchev–Trinajstić information content (AvgIpc) is 2.78. The zero-order valence-corrected chi connectivity index (χ0v) is 20.7. The summed E-state index contributed by atoms with van der Waals surface area (Å²) in [5, 5.41) is 2.72. The van der Waals surface area contributed by atoms with E-state index in [0.29, 0.717) is 22.8 Å². The zero-order chi connectivity index (χ0) is 26.3. The van der Waals surface area contributed by atoms with Crippen molar-refractivity contribution in [1.82, 2.24) is 5.32 Å². The number of nitrogens with one attached hydrogen (secondary N) is 1. The topological polar surface area (TPSA) is 145 Å². The van der Waals surface area contributed by atoms with Gasteiger partial charge in [-0.3, -0.25) is 19.2 Å². The quantitative estimate of drug-likeness (QED) is 0.386. The second kappa shape index (κ2) is 12.2. The summed E-state index contributed by atoms with van der Waals surface area (Å²) in [5.74, 6) is -1.43. The first kappa shape index (κ1) is 27.7. The maximum Gasteiger partial charge on any atom is 0.303 e. The number of hydrogen-bond acceptors (Lipinski definition) is 11. The standard InChI is InChI=1S/C23H31NO11/c1-11(25)24-20-22(19-16(30-6)8-15(29-5)9-17(19)31-7)35-18(10-32-12(2)26)21(33-13(3)27)23(20)34-14(4)28/h8-9,18,20-23H,10H2,1-7H3,(H,24,25)/t18-,20+,21-,22+,23-/m1/s1. The van der Waals surface area contributed by atoms with E-state index in [1.165, 1.54) is 49.0 Å². The summed E-state index contributed by atoms with van der Waals surface area (Å²) in [6, 6.07) is 2.13. The Bertz CT molecular complexity index is 922. The van der Waals surface area contributed by atoms with E-state index in [2.05, 4.69) is 5.32 Å². The van der Waals surface area contributed by atoms with Crippen LogP contribution >= 0.6 is 0 Å². The number of ether oxygens (including phenoxy) is 7. The van der Waals surface area contributed by atoms with E-state index < -0.39 is 54.3 Å². The molecule has 0 saturated carbocycles. The summed E-state index contributed by atoms with van der Waals surface area (Å²) in [4.78, 5) is 47.7. The Hall–Kier alpha value is -3.54. The number of rotatable bonds is 9. The van der Waals surface area contributed by atoms with Crippen LogP contribution in [0.25, 0.3) is 0 Å². The van der Waals surface area contributed by atoms with E-state index in [4.69, 9.17) is 33.2 Å². The van der Waals surface area contributed by atoms with Gasteiger partial charge in [-0.2, -0.15) is 0 Å². The molecular formula is C23H31NO11. The normalized spacial score (nSPS) is 23.5. The van der Waals surface area contributed by atoms with E-state index in [1.807, 2.05) is 0 Å². The lowest BCUT2D eigenvalue weighted by molar-refractivity contribution is -0.225. The van der Waals surface area contributed by atoms with Crippen molar-refractivity contribution >= 4 is 23.8 Å². The largest absolute Gasteiger partial charge is 0.496 e. The van der Waals surface area contributed by atoms with Crippen molar-refractivity contribution in [3.8, 4) is 17.2 Å². The Balaban J connectivity index is 2.74. The van der Waals surface area contributed by atoms with E-state index >= 15 is 0 Å². The molecule has 1 aromatic rings. The van der Waals surface area contributed by atoms with Gasteiger partial charge in [0, 0.05) is 39.8 Å². The molecule has 35 heavy (non-hydrogen) atoms. The third-order valence-corrected chi connectivity index (χ3v) is 5.15. The van der Waals surface area contributed by atoms with Crippen molar-refractivity contribution < 1.29 is 52.3 Å². The molecule has 2 rings (SSSR count). The Labute approximate surface area is 203 Å². The van der Waals surface area contributed by atoms with E-state index in [1.54, 1.807) is 12.1 Å². The van der Waals surface area contributed by atoms with Gasteiger partial charge in [0.25, 0.3) is 0 Å². The molecule has 194 valence electrons. The number of methoxy groups -OCH3 is 3. The van der Waals surface area contributed by atoms with Crippen molar-refractivity contribution in [1.29, 1.82) is 0 Å². The maximum atomic E-state index is 12.2. The Kier molecular flexibility index (Phi) is 9.69. The van der Waals surface area contributed by atoms with Gasteiger partial charge in [0.05, 0.1) is 26.9 Å². The molecule has 5 atom stereocenters. The fourth-order valence-electron chi connectivity index (χ4n) is 3.89. The number of hydrogen-bond donors (Lipinski definition) is 1. The van der Waals surface area contributed by atoms with Crippen LogP contribution < -0.4 is 19.5 Å². The molecule has 1 N–H and O–H groups in total. The Morgan fingerprint density at radius 1 is 0.829 bits per heavy atom. The molecule has 12 heteroatoms. The molecule has 0 radical (unpaired) electrons. The molecule has 1 amide bonds. The summed E-state index contributed by atoms with van der Waals surface area (Å²) >= 11 is 0. The van der Waals surface area contributed by atoms with Gasteiger partial charge in [-0.15, -0.1) is 0 Å². The molecule has 1 fully saturated rings.